The summed E-state index contributed by atoms with van der Waals surface area (Å²) in [5, 5.41) is 3.68. The first-order valence-electron chi connectivity index (χ1n) is 7.53. The number of nitrogens with zero attached hydrogens (tertiary/aromatic N) is 2. The highest BCUT2D eigenvalue weighted by Crippen LogP contribution is 2.29. The third-order valence-corrected chi connectivity index (χ3v) is 4.18. The first-order chi connectivity index (χ1) is 9.24. The molecule has 1 aromatic rings. The molecule has 0 bridgehead atoms. The highest BCUT2D eigenvalue weighted by Gasteiger charge is 2.24. The van der Waals surface area contributed by atoms with Gasteiger partial charge in [0.15, 0.2) is 0 Å². The number of methoxy groups -OCH3 is 1. The Bertz CT molecular complexity index is 389. The summed E-state index contributed by atoms with van der Waals surface area (Å²) in [6.45, 7) is 5.94. The molecule has 1 aliphatic carbocycles. The number of nitrogens with one attached hydrogen (secondary N) is 1. The van der Waals surface area contributed by atoms with Crippen LogP contribution in [0.5, 0.6) is 0 Å². The van der Waals surface area contributed by atoms with Crippen LogP contribution >= 0.6 is 0 Å². The lowest BCUT2D eigenvalue weighted by atomic mass is 9.83. The molecule has 4 heteroatoms. The van der Waals surface area contributed by atoms with Gasteiger partial charge in [-0.3, -0.25) is 0 Å². The number of aryl methyl sites for hydroxylation is 1. The van der Waals surface area contributed by atoms with Gasteiger partial charge < -0.3 is 14.6 Å². The molecule has 0 saturated heterocycles. The van der Waals surface area contributed by atoms with E-state index in [9.17, 15) is 0 Å². The van der Waals surface area contributed by atoms with E-state index in [1.807, 2.05) is 6.92 Å². The molecule has 2 atom stereocenters. The van der Waals surface area contributed by atoms with E-state index in [0.29, 0.717) is 6.04 Å². The third kappa shape index (κ3) is 3.72. The van der Waals surface area contributed by atoms with Gasteiger partial charge >= 0.3 is 0 Å². The molecule has 1 saturated carbocycles. The lowest BCUT2D eigenvalue weighted by Gasteiger charge is -2.32. The number of imidazole rings is 1. The van der Waals surface area contributed by atoms with Crippen LogP contribution < -0.4 is 5.32 Å². The topological polar surface area (TPSA) is 39.1 Å². The zero-order chi connectivity index (χ0) is 13.7. The molecular formula is C15H27N3O. The van der Waals surface area contributed by atoms with E-state index in [1.165, 1.54) is 32.1 Å². The summed E-state index contributed by atoms with van der Waals surface area (Å²) >= 11 is 0. The predicted molar refractivity (Wildman–Crippen MR) is 78.5 cm³/mol. The second-order valence-corrected chi connectivity index (χ2v) is 5.60. The molecule has 1 fully saturated rings. The van der Waals surface area contributed by atoms with Gasteiger partial charge in [-0.2, -0.15) is 0 Å². The molecule has 1 aliphatic rings. The van der Waals surface area contributed by atoms with E-state index in [1.54, 1.807) is 7.11 Å². The summed E-state index contributed by atoms with van der Waals surface area (Å²) < 4.78 is 7.35. The van der Waals surface area contributed by atoms with Gasteiger partial charge in [-0.15, -0.1) is 0 Å². The van der Waals surface area contributed by atoms with Gasteiger partial charge in [-0.1, -0.05) is 26.2 Å². The Kier molecular flexibility index (Phi) is 5.25. The Morgan fingerprint density at radius 2 is 2.21 bits per heavy atom. The standard InChI is InChI=1S/C15H27N3O/c1-4-13-7-5-6-8-14(13)17-15-16-12(2)11-18(15)9-10-19-3/h11,13-14H,4-10H2,1-3H3,(H,16,17). The third-order valence-electron chi connectivity index (χ3n) is 4.18. The first kappa shape index (κ1) is 14.4. The molecule has 1 N–H and O–H groups in total. The molecule has 4 nitrogen and oxygen atoms in total. The first-order valence-corrected chi connectivity index (χ1v) is 7.53. The SMILES string of the molecule is CCC1CCCCC1Nc1nc(C)cn1CCOC. The van der Waals surface area contributed by atoms with Gasteiger partial charge in [0, 0.05) is 25.9 Å². The van der Waals surface area contributed by atoms with Crippen molar-refractivity contribution < 1.29 is 4.74 Å². The van der Waals surface area contributed by atoms with E-state index >= 15 is 0 Å². The maximum atomic E-state index is 5.17. The maximum Gasteiger partial charge on any atom is 0.203 e. The molecule has 2 unspecified atom stereocenters. The molecule has 19 heavy (non-hydrogen) atoms. The van der Waals surface area contributed by atoms with Crippen LogP contribution in [-0.4, -0.2) is 29.3 Å². The number of aromatic nitrogens is 2. The van der Waals surface area contributed by atoms with Gasteiger partial charge in [0.05, 0.1) is 12.3 Å². The Balaban J connectivity index is 2.04. The highest BCUT2D eigenvalue weighted by molar-refractivity contribution is 5.30. The number of hydrogen-bond acceptors (Lipinski definition) is 3. The van der Waals surface area contributed by atoms with Crippen molar-refractivity contribution in [3.63, 3.8) is 0 Å². The van der Waals surface area contributed by atoms with E-state index in [0.717, 1.165) is 30.7 Å². The van der Waals surface area contributed by atoms with Crippen LogP contribution in [0.3, 0.4) is 0 Å². The number of rotatable bonds is 6. The van der Waals surface area contributed by atoms with Crippen LogP contribution in [0.1, 0.15) is 44.7 Å². The molecular weight excluding hydrogens is 238 g/mol. The molecule has 1 aromatic heterocycles. The molecule has 2 rings (SSSR count). The van der Waals surface area contributed by atoms with Crippen LogP contribution in [0.25, 0.3) is 0 Å². The van der Waals surface area contributed by atoms with Gasteiger partial charge in [0.25, 0.3) is 0 Å². The minimum absolute atomic E-state index is 0.585. The zero-order valence-corrected chi connectivity index (χ0v) is 12.5. The van der Waals surface area contributed by atoms with Crippen molar-refractivity contribution in [2.24, 2.45) is 5.92 Å². The average molecular weight is 265 g/mol. The van der Waals surface area contributed by atoms with E-state index < -0.39 is 0 Å². The van der Waals surface area contributed by atoms with E-state index in [4.69, 9.17) is 4.74 Å². The molecule has 0 aliphatic heterocycles. The molecule has 1 heterocycles. The molecule has 0 spiro atoms. The normalized spacial score (nSPS) is 23.5. The minimum atomic E-state index is 0.585. The Hall–Kier alpha value is -1.03. The zero-order valence-electron chi connectivity index (χ0n) is 12.5. The largest absolute Gasteiger partial charge is 0.383 e. The van der Waals surface area contributed by atoms with Crippen LogP contribution in [-0.2, 0) is 11.3 Å². The summed E-state index contributed by atoms with van der Waals surface area (Å²) in [6, 6.07) is 0.585. The molecule has 0 amide bonds. The van der Waals surface area contributed by atoms with Crippen LogP contribution in [0.4, 0.5) is 5.95 Å². The summed E-state index contributed by atoms with van der Waals surface area (Å²) in [7, 11) is 1.74. The fraction of sp³-hybridized carbons (Fsp3) is 0.800. The van der Waals surface area contributed by atoms with E-state index in [2.05, 4.69) is 28.0 Å². The van der Waals surface area contributed by atoms with Crippen molar-refractivity contribution in [1.82, 2.24) is 9.55 Å². The van der Waals surface area contributed by atoms with Gasteiger partial charge in [0.1, 0.15) is 0 Å². The fourth-order valence-electron chi connectivity index (χ4n) is 3.07. The summed E-state index contributed by atoms with van der Waals surface area (Å²) in [5.41, 5.74) is 1.07. The van der Waals surface area contributed by atoms with Gasteiger partial charge in [0.2, 0.25) is 5.95 Å². The van der Waals surface area contributed by atoms with Crippen molar-refractivity contribution in [2.45, 2.75) is 58.5 Å². The fourth-order valence-corrected chi connectivity index (χ4v) is 3.07. The predicted octanol–water partition coefficient (Wildman–Crippen LogP) is 3.22. The monoisotopic (exact) mass is 265 g/mol. The number of anilines is 1. The second kappa shape index (κ2) is 6.94. The van der Waals surface area contributed by atoms with Crippen molar-refractivity contribution in [2.75, 3.05) is 19.0 Å². The van der Waals surface area contributed by atoms with Crippen LogP contribution in [0.15, 0.2) is 6.20 Å². The van der Waals surface area contributed by atoms with Crippen LogP contribution in [0.2, 0.25) is 0 Å². The van der Waals surface area contributed by atoms with Crippen molar-refractivity contribution in [1.29, 1.82) is 0 Å². The minimum Gasteiger partial charge on any atom is -0.383 e. The highest BCUT2D eigenvalue weighted by atomic mass is 16.5. The Morgan fingerprint density at radius 1 is 1.42 bits per heavy atom. The Labute approximate surface area is 116 Å². The van der Waals surface area contributed by atoms with E-state index in [-0.39, 0.29) is 0 Å². The number of ether oxygens (including phenoxy) is 1. The number of hydrogen-bond donors (Lipinski definition) is 1. The molecule has 108 valence electrons. The van der Waals surface area contributed by atoms with Gasteiger partial charge in [-0.25, -0.2) is 4.98 Å². The summed E-state index contributed by atoms with van der Waals surface area (Å²) in [6.07, 6.45) is 8.71. The summed E-state index contributed by atoms with van der Waals surface area (Å²) in [4.78, 5) is 4.62. The van der Waals surface area contributed by atoms with Crippen LogP contribution in [0, 0.1) is 12.8 Å². The second-order valence-electron chi connectivity index (χ2n) is 5.60. The van der Waals surface area contributed by atoms with Gasteiger partial charge in [-0.05, 0) is 25.7 Å². The molecule has 0 aromatic carbocycles. The smallest absolute Gasteiger partial charge is 0.203 e. The Morgan fingerprint density at radius 3 is 2.95 bits per heavy atom. The van der Waals surface area contributed by atoms with Crippen molar-refractivity contribution in [3.8, 4) is 0 Å². The van der Waals surface area contributed by atoms with Crippen molar-refractivity contribution >= 4 is 5.95 Å². The molecule has 0 radical (unpaired) electrons. The maximum absolute atomic E-state index is 5.17. The lowest BCUT2D eigenvalue weighted by Crippen LogP contribution is -2.33. The lowest BCUT2D eigenvalue weighted by molar-refractivity contribution is 0.187. The quantitative estimate of drug-likeness (QED) is 0.858. The van der Waals surface area contributed by atoms with Crippen molar-refractivity contribution in [3.05, 3.63) is 11.9 Å². The average Bonchev–Trinajstić information content (AvgIpc) is 2.77. The summed E-state index contributed by atoms with van der Waals surface area (Å²) in [5.74, 6) is 1.81.